The number of aryl methyl sites for hydroxylation is 1. The summed E-state index contributed by atoms with van der Waals surface area (Å²) >= 11 is 6.14. The van der Waals surface area contributed by atoms with E-state index in [1.807, 2.05) is 0 Å². The number of carbonyl (C=O) groups is 1. The Bertz CT molecular complexity index is 595. The van der Waals surface area contributed by atoms with Crippen LogP contribution >= 0.6 is 11.6 Å². The minimum absolute atomic E-state index is 0.228. The Morgan fingerprint density at radius 3 is 2.89 bits per heavy atom. The molecule has 0 spiro atoms. The largest absolute Gasteiger partial charge is 0.298 e. The average molecular weight is 281 g/mol. The van der Waals surface area contributed by atoms with Crippen LogP contribution < -0.4 is 0 Å². The number of nitrogens with zero attached hydrogens (tertiary/aromatic N) is 2. The first-order chi connectivity index (χ1) is 9.17. The molecule has 0 saturated heterocycles. The number of aldehydes is 1. The molecule has 0 saturated carbocycles. The van der Waals surface area contributed by atoms with E-state index in [1.165, 1.54) is 16.8 Å². The highest BCUT2D eigenvalue weighted by molar-refractivity contribution is 6.32. The third-order valence-corrected chi connectivity index (χ3v) is 3.24. The predicted octanol–water partition coefficient (Wildman–Crippen LogP) is 3.82. The number of hydrogen-bond acceptors (Lipinski definition) is 2. The Hall–Kier alpha value is -1.68. The normalized spacial score (nSPS) is 10.7. The lowest BCUT2D eigenvalue weighted by Gasteiger charge is -2.02. The third kappa shape index (κ3) is 2.84. The highest BCUT2D eigenvalue weighted by Gasteiger charge is 2.16. The Balaban J connectivity index is 2.46. The summed E-state index contributed by atoms with van der Waals surface area (Å²) in [6, 6.07) is 5.95. The molecule has 0 radical (unpaired) electrons. The fraction of sp³-hybridized carbons (Fsp3) is 0.286. The van der Waals surface area contributed by atoms with Crippen LogP contribution in [-0.4, -0.2) is 16.1 Å². The van der Waals surface area contributed by atoms with Crippen molar-refractivity contribution in [1.29, 1.82) is 0 Å². The summed E-state index contributed by atoms with van der Waals surface area (Å²) < 4.78 is 14.6. The van der Waals surface area contributed by atoms with Gasteiger partial charge in [0.25, 0.3) is 0 Å². The average Bonchev–Trinajstić information content (AvgIpc) is 2.72. The van der Waals surface area contributed by atoms with Gasteiger partial charge < -0.3 is 0 Å². The Morgan fingerprint density at radius 1 is 1.47 bits per heavy atom. The SMILES string of the molecule is CCCCc1nn(-c2cccc(F)c2)c(Cl)c1C=O. The Morgan fingerprint density at radius 2 is 2.26 bits per heavy atom. The Labute approximate surface area is 116 Å². The number of rotatable bonds is 5. The number of halogens is 2. The maximum absolute atomic E-state index is 13.2. The molecule has 0 atom stereocenters. The smallest absolute Gasteiger partial charge is 0.155 e. The van der Waals surface area contributed by atoms with Crippen molar-refractivity contribution in [2.75, 3.05) is 0 Å². The predicted molar refractivity (Wildman–Crippen MR) is 72.5 cm³/mol. The highest BCUT2D eigenvalue weighted by atomic mass is 35.5. The second-order valence-corrected chi connectivity index (χ2v) is 4.62. The molecular weight excluding hydrogens is 267 g/mol. The fourth-order valence-corrected chi connectivity index (χ4v) is 2.17. The first-order valence-corrected chi connectivity index (χ1v) is 6.53. The number of aromatic nitrogens is 2. The topological polar surface area (TPSA) is 34.9 Å². The molecule has 2 aromatic rings. The van der Waals surface area contributed by atoms with Gasteiger partial charge in [0.2, 0.25) is 0 Å². The molecular formula is C14H14ClFN2O. The van der Waals surface area contributed by atoms with E-state index in [4.69, 9.17) is 11.6 Å². The summed E-state index contributed by atoms with van der Waals surface area (Å²) in [4.78, 5) is 11.1. The summed E-state index contributed by atoms with van der Waals surface area (Å²) in [5, 5.41) is 4.54. The van der Waals surface area contributed by atoms with Crippen LogP contribution in [-0.2, 0) is 6.42 Å². The van der Waals surface area contributed by atoms with Crippen molar-refractivity contribution in [3.63, 3.8) is 0 Å². The van der Waals surface area contributed by atoms with Crippen molar-refractivity contribution in [2.24, 2.45) is 0 Å². The standard InChI is InChI=1S/C14H14ClFN2O/c1-2-3-7-13-12(9-19)14(15)18(17-13)11-6-4-5-10(16)8-11/h4-6,8-9H,2-3,7H2,1H3. The van der Waals surface area contributed by atoms with Gasteiger partial charge in [-0.05, 0) is 31.0 Å². The Kier molecular flexibility index (Phi) is 4.32. The van der Waals surface area contributed by atoms with Crippen LogP contribution in [0.3, 0.4) is 0 Å². The number of benzene rings is 1. The van der Waals surface area contributed by atoms with Crippen LogP contribution in [0.4, 0.5) is 4.39 Å². The molecule has 0 aliphatic rings. The lowest BCUT2D eigenvalue weighted by molar-refractivity contribution is 0.112. The summed E-state index contributed by atoms with van der Waals surface area (Å²) in [7, 11) is 0. The van der Waals surface area contributed by atoms with Gasteiger partial charge in [0.15, 0.2) is 6.29 Å². The highest BCUT2D eigenvalue weighted by Crippen LogP contribution is 2.23. The van der Waals surface area contributed by atoms with Gasteiger partial charge in [-0.25, -0.2) is 9.07 Å². The van der Waals surface area contributed by atoms with Crippen LogP contribution in [0.15, 0.2) is 24.3 Å². The van der Waals surface area contributed by atoms with Crippen molar-refractivity contribution >= 4 is 17.9 Å². The zero-order valence-corrected chi connectivity index (χ0v) is 11.3. The molecule has 0 N–H and O–H groups in total. The minimum Gasteiger partial charge on any atom is -0.298 e. The summed E-state index contributed by atoms with van der Waals surface area (Å²) in [5.41, 5.74) is 1.56. The molecule has 0 bridgehead atoms. The van der Waals surface area contributed by atoms with E-state index in [-0.39, 0.29) is 11.0 Å². The minimum atomic E-state index is -0.369. The number of unbranched alkanes of at least 4 members (excludes halogenated alkanes) is 1. The molecule has 5 heteroatoms. The number of hydrogen-bond donors (Lipinski definition) is 0. The third-order valence-electron chi connectivity index (χ3n) is 2.88. The second kappa shape index (κ2) is 5.97. The molecule has 0 amide bonds. The van der Waals surface area contributed by atoms with E-state index < -0.39 is 0 Å². The zero-order valence-electron chi connectivity index (χ0n) is 10.6. The lowest BCUT2D eigenvalue weighted by atomic mass is 10.1. The maximum Gasteiger partial charge on any atom is 0.155 e. The zero-order chi connectivity index (χ0) is 13.8. The summed E-state index contributed by atoms with van der Waals surface area (Å²) in [6.45, 7) is 2.06. The van der Waals surface area contributed by atoms with Gasteiger partial charge in [-0.1, -0.05) is 31.0 Å². The van der Waals surface area contributed by atoms with E-state index in [2.05, 4.69) is 12.0 Å². The van der Waals surface area contributed by atoms with Crippen LogP contribution in [0.1, 0.15) is 35.8 Å². The molecule has 1 heterocycles. The van der Waals surface area contributed by atoms with Gasteiger partial charge in [-0.15, -0.1) is 0 Å². The van der Waals surface area contributed by atoms with E-state index >= 15 is 0 Å². The van der Waals surface area contributed by atoms with Gasteiger partial charge in [0, 0.05) is 0 Å². The number of carbonyl (C=O) groups excluding carboxylic acids is 1. The summed E-state index contributed by atoms with van der Waals surface area (Å²) in [6.07, 6.45) is 3.32. The van der Waals surface area contributed by atoms with Crippen molar-refractivity contribution in [1.82, 2.24) is 9.78 Å². The van der Waals surface area contributed by atoms with E-state index in [1.54, 1.807) is 12.1 Å². The van der Waals surface area contributed by atoms with Gasteiger partial charge >= 0.3 is 0 Å². The molecule has 1 aromatic carbocycles. The van der Waals surface area contributed by atoms with Crippen molar-refractivity contribution in [3.8, 4) is 5.69 Å². The van der Waals surface area contributed by atoms with Crippen LogP contribution in [0.5, 0.6) is 0 Å². The molecule has 0 fully saturated rings. The van der Waals surface area contributed by atoms with Crippen LogP contribution in [0.2, 0.25) is 5.15 Å². The quantitative estimate of drug-likeness (QED) is 0.781. The van der Waals surface area contributed by atoms with E-state index in [9.17, 15) is 9.18 Å². The van der Waals surface area contributed by atoms with Crippen molar-refractivity contribution < 1.29 is 9.18 Å². The van der Waals surface area contributed by atoms with Crippen LogP contribution in [0, 0.1) is 5.82 Å². The molecule has 0 unspecified atom stereocenters. The van der Waals surface area contributed by atoms with Gasteiger partial charge in [0.1, 0.15) is 11.0 Å². The van der Waals surface area contributed by atoms with Gasteiger partial charge in [-0.2, -0.15) is 5.10 Å². The van der Waals surface area contributed by atoms with Crippen LogP contribution in [0.25, 0.3) is 5.69 Å². The first kappa shape index (κ1) is 13.7. The fourth-order valence-electron chi connectivity index (χ4n) is 1.88. The molecule has 0 aliphatic heterocycles. The van der Waals surface area contributed by atoms with Gasteiger partial charge in [0.05, 0.1) is 16.9 Å². The van der Waals surface area contributed by atoms with E-state index in [0.717, 1.165) is 12.8 Å². The molecule has 1 aromatic heterocycles. The maximum atomic E-state index is 13.2. The van der Waals surface area contributed by atoms with E-state index in [0.29, 0.717) is 29.7 Å². The monoisotopic (exact) mass is 280 g/mol. The molecule has 100 valence electrons. The van der Waals surface area contributed by atoms with Crippen molar-refractivity contribution in [2.45, 2.75) is 26.2 Å². The van der Waals surface area contributed by atoms with Crippen molar-refractivity contribution in [3.05, 3.63) is 46.5 Å². The van der Waals surface area contributed by atoms with Gasteiger partial charge in [-0.3, -0.25) is 4.79 Å². The molecule has 3 nitrogen and oxygen atoms in total. The second-order valence-electron chi connectivity index (χ2n) is 4.26. The molecule has 19 heavy (non-hydrogen) atoms. The molecule has 0 aliphatic carbocycles. The molecule has 2 rings (SSSR count). The first-order valence-electron chi connectivity index (χ1n) is 6.16. The lowest BCUT2D eigenvalue weighted by Crippen LogP contribution is -1.98. The summed E-state index contributed by atoms with van der Waals surface area (Å²) in [5.74, 6) is -0.369.